The van der Waals surface area contributed by atoms with E-state index in [1.54, 1.807) is 10.9 Å². The van der Waals surface area contributed by atoms with E-state index in [0.29, 0.717) is 29.7 Å². The van der Waals surface area contributed by atoms with Crippen LogP contribution in [0.3, 0.4) is 0 Å². The van der Waals surface area contributed by atoms with Crippen LogP contribution in [0.25, 0.3) is 0 Å². The van der Waals surface area contributed by atoms with Crippen LogP contribution in [0, 0.1) is 5.92 Å². The fraction of sp³-hybridized carbons (Fsp3) is 0.714. The fourth-order valence-electron chi connectivity index (χ4n) is 3.14. The van der Waals surface area contributed by atoms with Crippen LogP contribution in [0.5, 0.6) is 0 Å². The summed E-state index contributed by atoms with van der Waals surface area (Å²) in [6.45, 7) is 2.12. The largest absolute Gasteiger partial charge is 0.362 e. The molecule has 0 amide bonds. The maximum atomic E-state index is 12.6. The molecule has 20 heavy (non-hydrogen) atoms. The van der Waals surface area contributed by atoms with Crippen molar-refractivity contribution < 1.29 is 0 Å². The van der Waals surface area contributed by atoms with Crippen molar-refractivity contribution in [2.24, 2.45) is 11.7 Å². The predicted octanol–water partition coefficient (Wildman–Crippen LogP) is 1.62. The molecule has 2 N–H and O–H groups in total. The molecule has 0 radical (unpaired) electrons. The summed E-state index contributed by atoms with van der Waals surface area (Å²) >= 11 is 6.23. The summed E-state index contributed by atoms with van der Waals surface area (Å²) in [4.78, 5) is 14.7. The standard InChI is InChI=1S/C14H21ClN4O/c15-12-8-17-19(9-10-3-1-4-10)14(20)13(12)18-6-2-5-11(18)7-16/h8,10-11H,1-7,9,16H2. The van der Waals surface area contributed by atoms with E-state index >= 15 is 0 Å². The second-order valence-electron chi connectivity index (χ2n) is 5.85. The van der Waals surface area contributed by atoms with E-state index in [2.05, 4.69) is 10.00 Å². The number of halogens is 1. The van der Waals surface area contributed by atoms with Gasteiger partial charge in [-0.15, -0.1) is 0 Å². The van der Waals surface area contributed by atoms with Crippen molar-refractivity contribution in [1.29, 1.82) is 0 Å². The van der Waals surface area contributed by atoms with Gasteiger partial charge in [0.25, 0.3) is 5.56 Å². The highest BCUT2D eigenvalue weighted by Crippen LogP contribution is 2.30. The minimum Gasteiger partial charge on any atom is -0.362 e. The SMILES string of the molecule is NCC1CCCN1c1c(Cl)cnn(CC2CCC2)c1=O. The lowest BCUT2D eigenvalue weighted by Gasteiger charge is -2.28. The van der Waals surface area contributed by atoms with Gasteiger partial charge in [0.05, 0.1) is 11.2 Å². The summed E-state index contributed by atoms with van der Waals surface area (Å²) in [7, 11) is 0. The first-order chi connectivity index (χ1) is 9.70. The molecule has 1 saturated carbocycles. The first-order valence-corrected chi connectivity index (χ1v) is 7.81. The number of nitrogens with zero attached hydrogens (tertiary/aromatic N) is 3. The third kappa shape index (κ3) is 2.44. The molecule has 1 aromatic heterocycles. The van der Waals surface area contributed by atoms with Gasteiger partial charge in [0, 0.05) is 25.7 Å². The zero-order valence-electron chi connectivity index (χ0n) is 11.6. The van der Waals surface area contributed by atoms with Gasteiger partial charge in [-0.05, 0) is 31.6 Å². The van der Waals surface area contributed by atoms with Crippen molar-refractivity contribution in [3.05, 3.63) is 21.6 Å². The van der Waals surface area contributed by atoms with Crippen LogP contribution in [0.15, 0.2) is 11.0 Å². The fourth-order valence-corrected chi connectivity index (χ4v) is 3.38. The molecular weight excluding hydrogens is 276 g/mol. The molecule has 1 aliphatic heterocycles. The average molecular weight is 297 g/mol. The summed E-state index contributed by atoms with van der Waals surface area (Å²) in [5, 5.41) is 4.64. The molecule has 3 rings (SSSR count). The maximum Gasteiger partial charge on any atom is 0.291 e. The van der Waals surface area contributed by atoms with E-state index < -0.39 is 0 Å². The van der Waals surface area contributed by atoms with Crippen molar-refractivity contribution >= 4 is 17.3 Å². The third-order valence-electron chi connectivity index (χ3n) is 4.57. The highest BCUT2D eigenvalue weighted by Gasteiger charge is 2.29. The van der Waals surface area contributed by atoms with Gasteiger partial charge < -0.3 is 10.6 Å². The van der Waals surface area contributed by atoms with Crippen LogP contribution in [-0.4, -0.2) is 28.9 Å². The first kappa shape index (κ1) is 13.9. The van der Waals surface area contributed by atoms with Gasteiger partial charge in [-0.1, -0.05) is 18.0 Å². The highest BCUT2D eigenvalue weighted by molar-refractivity contribution is 6.33. The van der Waals surface area contributed by atoms with Gasteiger partial charge in [0.15, 0.2) is 0 Å². The van der Waals surface area contributed by atoms with Crippen molar-refractivity contribution in [3.8, 4) is 0 Å². The number of nitrogens with two attached hydrogens (primary N) is 1. The maximum absolute atomic E-state index is 12.6. The van der Waals surface area contributed by atoms with Crippen molar-refractivity contribution in [1.82, 2.24) is 9.78 Å². The molecule has 0 spiro atoms. The number of anilines is 1. The van der Waals surface area contributed by atoms with Gasteiger partial charge in [-0.2, -0.15) is 5.10 Å². The van der Waals surface area contributed by atoms with Crippen LogP contribution < -0.4 is 16.2 Å². The van der Waals surface area contributed by atoms with E-state index in [1.165, 1.54) is 19.3 Å². The van der Waals surface area contributed by atoms with Crippen LogP contribution >= 0.6 is 11.6 Å². The number of hydrogen-bond donors (Lipinski definition) is 1. The summed E-state index contributed by atoms with van der Waals surface area (Å²) in [6.07, 6.45) is 7.34. The topological polar surface area (TPSA) is 64.2 Å². The lowest BCUT2D eigenvalue weighted by Crippen LogP contribution is -2.41. The second-order valence-corrected chi connectivity index (χ2v) is 6.26. The van der Waals surface area contributed by atoms with Gasteiger partial charge in [-0.3, -0.25) is 4.79 Å². The molecule has 110 valence electrons. The number of aromatic nitrogens is 2. The van der Waals surface area contributed by atoms with Crippen LogP contribution in [0.4, 0.5) is 5.69 Å². The lowest BCUT2D eigenvalue weighted by molar-refractivity contribution is 0.261. The Labute approximate surface area is 123 Å². The van der Waals surface area contributed by atoms with Crippen LogP contribution in [0.1, 0.15) is 32.1 Å². The first-order valence-electron chi connectivity index (χ1n) is 7.43. The molecule has 1 atom stereocenters. The zero-order valence-corrected chi connectivity index (χ0v) is 12.4. The monoisotopic (exact) mass is 296 g/mol. The minimum absolute atomic E-state index is 0.0650. The molecule has 6 heteroatoms. The summed E-state index contributed by atoms with van der Waals surface area (Å²) in [6, 6.07) is 0.222. The molecule has 1 unspecified atom stereocenters. The summed E-state index contributed by atoms with van der Waals surface area (Å²) in [5.41, 5.74) is 6.33. The van der Waals surface area contributed by atoms with Gasteiger partial charge in [0.2, 0.25) is 0 Å². The summed E-state index contributed by atoms with van der Waals surface area (Å²) < 4.78 is 1.58. The molecule has 5 nitrogen and oxygen atoms in total. The van der Waals surface area contributed by atoms with Gasteiger partial charge in [0.1, 0.15) is 5.69 Å². The molecular formula is C14H21ClN4O. The van der Waals surface area contributed by atoms with E-state index in [4.69, 9.17) is 17.3 Å². The minimum atomic E-state index is -0.0650. The Bertz CT molecular complexity index is 540. The number of hydrogen-bond acceptors (Lipinski definition) is 4. The predicted molar refractivity (Wildman–Crippen MR) is 80.3 cm³/mol. The molecule has 2 aliphatic rings. The Hall–Kier alpha value is -1.07. The number of rotatable bonds is 4. The smallest absolute Gasteiger partial charge is 0.291 e. The van der Waals surface area contributed by atoms with Gasteiger partial charge >= 0.3 is 0 Å². The van der Waals surface area contributed by atoms with Crippen molar-refractivity contribution in [2.45, 2.75) is 44.7 Å². The molecule has 2 heterocycles. The molecule has 2 fully saturated rings. The molecule has 1 aliphatic carbocycles. The van der Waals surface area contributed by atoms with Crippen LogP contribution in [-0.2, 0) is 6.54 Å². The van der Waals surface area contributed by atoms with E-state index in [0.717, 1.165) is 19.4 Å². The molecule has 1 aromatic rings. The molecule has 1 saturated heterocycles. The second kappa shape index (κ2) is 5.74. The Morgan fingerprint density at radius 1 is 1.35 bits per heavy atom. The lowest BCUT2D eigenvalue weighted by atomic mass is 9.85. The highest BCUT2D eigenvalue weighted by atomic mass is 35.5. The Kier molecular flexibility index (Phi) is 3.98. The molecule has 0 aromatic carbocycles. The van der Waals surface area contributed by atoms with Crippen molar-refractivity contribution in [3.63, 3.8) is 0 Å². The molecule has 0 bridgehead atoms. The third-order valence-corrected chi connectivity index (χ3v) is 4.84. The Morgan fingerprint density at radius 2 is 2.15 bits per heavy atom. The van der Waals surface area contributed by atoms with Crippen LogP contribution in [0.2, 0.25) is 5.02 Å². The van der Waals surface area contributed by atoms with E-state index in [1.807, 2.05) is 0 Å². The Morgan fingerprint density at radius 3 is 2.80 bits per heavy atom. The zero-order chi connectivity index (χ0) is 14.1. The van der Waals surface area contributed by atoms with E-state index in [-0.39, 0.29) is 11.6 Å². The van der Waals surface area contributed by atoms with E-state index in [9.17, 15) is 4.79 Å². The van der Waals surface area contributed by atoms with Crippen molar-refractivity contribution in [2.75, 3.05) is 18.0 Å². The van der Waals surface area contributed by atoms with Gasteiger partial charge in [-0.25, -0.2) is 4.68 Å². The summed E-state index contributed by atoms with van der Waals surface area (Å²) in [5.74, 6) is 0.595. The average Bonchev–Trinajstić information content (AvgIpc) is 2.84. The normalized spacial score (nSPS) is 23.1. The quantitative estimate of drug-likeness (QED) is 0.917. The Balaban J connectivity index is 1.92.